The minimum Gasteiger partial charge on any atom is -0.319 e. The Morgan fingerprint density at radius 1 is 1.42 bits per heavy atom. The quantitative estimate of drug-likeness (QED) is 0.915. The topological polar surface area (TPSA) is 15.3 Å². The van der Waals surface area contributed by atoms with E-state index in [4.69, 9.17) is 0 Å². The number of likely N-dealkylation sites (tertiary alicyclic amines) is 1. The highest BCUT2D eigenvalue weighted by molar-refractivity contribution is 5.85. The molecule has 0 radical (unpaired) electrons. The first-order valence-corrected chi connectivity index (χ1v) is 6.81. The van der Waals surface area contributed by atoms with Crippen molar-refractivity contribution in [1.29, 1.82) is 0 Å². The van der Waals surface area contributed by atoms with Crippen LogP contribution < -0.4 is 5.32 Å². The van der Waals surface area contributed by atoms with E-state index in [2.05, 4.69) is 10.2 Å². The summed E-state index contributed by atoms with van der Waals surface area (Å²) in [7, 11) is 2.02. The first-order valence-electron chi connectivity index (χ1n) is 6.81. The molecule has 0 aromatic heterocycles. The fourth-order valence-corrected chi connectivity index (χ4v) is 2.81. The largest absolute Gasteiger partial charge is 0.319 e. The Morgan fingerprint density at radius 3 is 2.89 bits per heavy atom. The summed E-state index contributed by atoms with van der Waals surface area (Å²) in [6.45, 7) is 6.19. The average molecular weight is 287 g/mol. The molecule has 1 atom stereocenters. The third-order valence-corrected chi connectivity index (χ3v) is 3.72. The van der Waals surface area contributed by atoms with Crippen molar-refractivity contribution in [3.05, 3.63) is 35.1 Å². The molecule has 1 unspecified atom stereocenters. The fraction of sp³-hybridized carbons (Fsp3) is 0.600. The van der Waals surface area contributed by atoms with Gasteiger partial charge in [0.2, 0.25) is 0 Å². The zero-order chi connectivity index (χ0) is 13.0. The summed E-state index contributed by atoms with van der Waals surface area (Å²) in [5, 5.41) is 3.26. The van der Waals surface area contributed by atoms with E-state index in [1.54, 1.807) is 6.07 Å². The molecule has 2 nitrogen and oxygen atoms in total. The van der Waals surface area contributed by atoms with Gasteiger partial charge in [-0.05, 0) is 63.0 Å². The average Bonchev–Trinajstić information content (AvgIpc) is 2.35. The number of nitrogens with zero attached hydrogens (tertiary/aromatic N) is 1. The van der Waals surface area contributed by atoms with Crippen LogP contribution in [0.1, 0.15) is 24.0 Å². The molecule has 1 aliphatic heterocycles. The van der Waals surface area contributed by atoms with Gasteiger partial charge in [-0.1, -0.05) is 12.1 Å². The van der Waals surface area contributed by atoms with Gasteiger partial charge in [-0.3, -0.25) is 4.90 Å². The van der Waals surface area contributed by atoms with Crippen LogP contribution in [0, 0.1) is 18.7 Å². The molecule has 0 amide bonds. The molecule has 1 fully saturated rings. The number of hydrogen-bond donors (Lipinski definition) is 1. The maximum atomic E-state index is 13.2. The molecule has 0 saturated carbocycles. The molecule has 19 heavy (non-hydrogen) atoms. The van der Waals surface area contributed by atoms with E-state index in [0.717, 1.165) is 37.7 Å². The van der Waals surface area contributed by atoms with Gasteiger partial charge in [-0.25, -0.2) is 4.39 Å². The smallest absolute Gasteiger partial charge is 0.126 e. The van der Waals surface area contributed by atoms with Crippen LogP contribution in [0.2, 0.25) is 0 Å². The highest BCUT2D eigenvalue weighted by Gasteiger charge is 2.19. The van der Waals surface area contributed by atoms with Crippen LogP contribution in [0.25, 0.3) is 0 Å². The lowest BCUT2D eigenvalue weighted by Gasteiger charge is -2.32. The standard InChI is InChI=1S/C15H23FN2.ClH/c1-12-8-13(5-6-15(12)16)10-18-7-3-4-14(11-18)9-17-2;/h5-6,8,14,17H,3-4,7,9-11H2,1-2H3;1H. The van der Waals surface area contributed by atoms with Gasteiger partial charge in [-0.2, -0.15) is 0 Å². The highest BCUT2D eigenvalue weighted by Crippen LogP contribution is 2.19. The monoisotopic (exact) mass is 286 g/mol. The van der Waals surface area contributed by atoms with Gasteiger partial charge >= 0.3 is 0 Å². The predicted molar refractivity (Wildman–Crippen MR) is 80.3 cm³/mol. The number of benzene rings is 1. The van der Waals surface area contributed by atoms with Crippen LogP contribution in [0.3, 0.4) is 0 Å². The summed E-state index contributed by atoms with van der Waals surface area (Å²) >= 11 is 0. The fourth-order valence-electron chi connectivity index (χ4n) is 2.81. The van der Waals surface area contributed by atoms with Crippen molar-refractivity contribution in [2.75, 3.05) is 26.7 Å². The predicted octanol–water partition coefficient (Wildman–Crippen LogP) is 2.99. The molecule has 0 spiro atoms. The third kappa shape index (κ3) is 4.75. The van der Waals surface area contributed by atoms with E-state index in [0.29, 0.717) is 0 Å². The van der Waals surface area contributed by atoms with Crippen molar-refractivity contribution in [1.82, 2.24) is 10.2 Å². The SMILES string of the molecule is CNCC1CCCN(Cc2ccc(F)c(C)c2)C1.Cl. The summed E-state index contributed by atoms with van der Waals surface area (Å²) in [4.78, 5) is 2.48. The Balaban J connectivity index is 0.00000180. The minimum atomic E-state index is -0.106. The normalized spacial score (nSPS) is 20.1. The Morgan fingerprint density at radius 2 is 2.21 bits per heavy atom. The number of halogens is 2. The Bertz CT molecular complexity index is 396. The molecule has 108 valence electrons. The second-order valence-electron chi connectivity index (χ2n) is 5.38. The van der Waals surface area contributed by atoms with E-state index >= 15 is 0 Å². The van der Waals surface area contributed by atoms with Crippen LogP contribution in [-0.4, -0.2) is 31.6 Å². The summed E-state index contributed by atoms with van der Waals surface area (Å²) < 4.78 is 13.2. The maximum Gasteiger partial charge on any atom is 0.126 e. The summed E-state index contributed by atoms with van der Waals surface area (Å²) in [6, 6.07) is 5.46. The minimum absolute atomic E-state index is 0. The van der Waals surface area contributed by atoms with Crippen LogP contribution in [-0.2, 0) is 6.54 Å². The van der Waals surface area contributed by atoms with Crippen molar-refractivity contribution < 1.29 is 4.39 Å². The zero-order valence-electron chi connectivity index (χ0n) is 11.8. The second kappa shape index (κ2) is 7.83. The number of aryl methyl sites for hydroxylation is 1. The molecule has 0 aliphatic carbocycles. The Kier molecular flexibility index (Phi) is 6.76. The number of nitrogens with one attached hydrogen (secondary N) is 1. The molecule has 1 saturated heterocycles. The summed E-state index contributed by atoms with van der Waals surface area (Å²) in [5.74, 6) is 0.649. The molecule has 0 bridgehead atoms. The number of piperidine rings is 1. The van der Waals surface area contributed by atoms with E-state index in [1.807, 2.05) is 26.1 Å². The van der Waals surface area contributed by atoms with Gasteiger partial charge < -0.3 is 5.32 Å². The lowest BCUT2D eigenvalue weighted by molar-refractivity contribution is 0.167. The van der Waals surface area contributed by atoms with Gasteiger partial charge in [0, 0.05) is 13.1 Å². The molecule has 1 heterocycles. The van der Waals surface area contributed by atoms with Crippen molar-refractivity contribution in [3.8, 4) is 0 Å². The first-order chi connectivity index (χ1) is 8.69. The van der Waals surface area contributed by atoms with E-state index in [1.165, 1.54) is 18.4 Å². The molecule has 2 rings (SSSR count). The lowest BCUT2D eigenvalue weighted by atomic mass is 9.97. The molecular weight excluding hydrogens is 263 g/mol. The van der Waals surface area contributed by atoms with Crippen LogP contribution in [0.4, 0.5) is 4.39 Å². The lowest BCUT2D eigenvalue weighted by Crippen LogP contribution is -2.38. The highest BCUT2D eigenvalue weighted by atomic mass is 35.5. The molecule has 1 aromatic rings. The van der Waals surface area contributed by atoms with Gasteiger partial charge in [0.15, 0.2) is 0 Å². The molecule has 1 N–H and O–H groups in total. The Hall–Kier alpha value is -0.640. The number of rotatable bonds is 4. The van der Waals surface area contributed by atoms with Gasteiger partial charge in [0.25, 0.3) is 0 Å². The van der Waals surface area contributed by atoms with E-state index in [9.17, 15) is 4.39 Å². The van der Waals surface area contributed by atoms with E-state index in [-0.39, 0.29) is 18.2 Å². The molecule has 4 heteroatoms. The Labute approximate surface area is 121 Å². The van der Waals surface area contributed by atoms with Crippen molar-refractivity contribution in [2.24, 2.45) is 5.92 Å². The first kappa shape index (κ1) is 16.4. The summed E-state index contributed by atoms with van der Waals surface area (Å²) in [6.07, 6.45) is 2.59. The maximum absolute atomic E-state index is 13.2. The van der Waals surface area contributed by atoms with Crippen LogP contribution in [0.15, 0.2) is 18.2 Å². The molecular formula is C15H24ClFN2. The van der Waals surface area contributed by atoms with Gasteiger partial charge in [0.1, 0.15) is 5.82 Å². The second-order valence-corrected chi connectivity index (χ2v) is 5.38. The third-order valence-electron chi connectivity index (χ3n) is 3.72. The summed E-state index contributed by atoms with van der Waals surface area (Å²) in [5.41, 5.74) is 1.97. The van der Waals surface area contributed by atoms with Crippen molar-refractivity contribution in [3.63, 3.8) is 0 Å². The number of hydrogen-bond acceptors (Lipinski definition) is 2. The van der Waals surface area contributed by atoms with Gasteiger partial charge in [-0.15, -0.1) is 12.4 Å². The van der Waals surface area contributed by atoms with Crippen molar-refractivity contribution >= 4 is 12.4 Å². The molecule has 1 aromatic carbocycles. The van der Waals surface area contributed by atoms with Crippen LogP contribution in [0.5, 0.6) is 0 Å². The van der Waals surface area contributed by atoms with Gasteiger partial charge in [0.05, 0.1) is 0 Å². The van der Waals surface area contributed by atoms with Crippen molar-refractivity contribution in [2.45, 2.75) is 26.3 Å². The molecule has 1 aliphatic rings. The van der Waals surface area contributed by atoms with E-state index < -0.39 is 0 Å². The van der Waals surface area contributed by atoms with Crippen LogP contribution >= 0.6 is 12.4 Å². The zero-order valence-corrected chi connectivity index (χ0v) is 12.6.